The number of hydrogen-bond acceptors (Lipinski definition) is 3. The summed E-state index contributed by atoms with van der Waals surface area (Å²) in [6.45, 7) is 4.06. The molecule has 4 aromatic carbocycles. The number of hydrogen-bond donors (Lipinski definition) is 3. The van der Waals surface area contributed by atoms with Crippen molar-refractivity contribution in [3.8, 4) is 17.2 Å². The summed E-state index contributed by atoms with van der Waals surface area (Å²) in [4.78, 5) is 0. The molecule has 0 aromatic heterocycles. The van der Waals surface area contributed by atoms with Crippen molar-refractivity contribution >= 4 is 0 Å². The molecule has 0 amide bonds. The summed E-state index contributed by atoms with van der Waals surface area (Å²) in [6, 6.07) is 27.3. The quantitative estimate of drug-likeness (QED) is 0.314. The molecule has 0 bridgehead atoms. The van der Waals surface area contributed by atoms with Crippen molar-refractivity contribution < 1.29 is 19.7 Å². The molecule has 4 rings (SSSR count). The van der Waals surface area contributed by atoms with Crippen LogP contribution in [-0.2, 0) is 11.8 Å². The van der Waals surface area contributed by atoms with Crippen molar-refractivity contribution in [2.45, 2.75) is 31.6 Å². The monoisotopic (exact) mass is 442 g/mol. The van der Waals surface area contributed by atoms with E-state index < -0.39 is 11.2 Å². The first-order chi connectivity index (χ1) is 15.7. The molecule has 1 unspecified atom stereocenters. The van der Waals surface area contributed by atoms with Crippen LogP contribution in [0.5, 0.6) is 17.2 Å². The number of halogens is 1. The van der Waals surface area contributed by atoms with E-state index in [1.165, 1.54) is 12.1 Å². The Morgan fingerprint density at radius 2 is 1.15 bits per heavy atom. The molecule has 168 valence electrons. The van der Waals surface area contributed by atoms with E-state index >= 15 is 0 Å². The van der Waals surface area contributed by atoms with Gasteiger partial charge >= 0.3 is 0 Å². The number of benzene rings is 4. The van der Waals surface area contributed by atoms with Gasteiger partial charge in [-0.1, -0.05) is 68.4 Å². The second kappa shape index (κ2) is 8.99. The molecule has 1 atom stereocenters. The molecular formula is C29H27FO3. The lowest BCUT2D eigenvalue weighted by atomic mass is 9.77. The predicted octanol–water partition coefficient (Wildman–Crippen LogP) is 6.64. The summed E-state index contributed by atoms with van der Waals surface area (Å²) in [5.74, 6) is -0.467. The average Bonchev–Trinajstić information content (AvgIpc) is 2.81. The van der Waals surface area contributed by atoms with Gasteiger partial charge in [-0.2, -0.15) is 0 Å². The smallest absolute Gasteiger partial charge is 0.165 e. The molecule has 0 aliphatic carbocycles. The highest BCUT2D eigenvalue weighted by molar-refractivity contribution is 5.44. The summed E-state index contributed by atoms with van der Waals surface area (Å²) in [6.07, 6.45) is 0.733. The van der Waals surface area contributed by atoms with Crippen molar-refractivity contribution in [1.29, 1.82) is 0 Å². The maximum absolute atomic E-state index is 14.0. The Bertz CT molecular complexity index is 1230. The fourth-order valence-corrected chi connectivity index (χ4v) is 4.20. The Morgan fingerprint density at radius 3 is 1.70 bits per heavy atom. The molecule has 0 radical (unpaired) electrons. The van der Waals surface area contributed by atoms with Crippen molar-refractivity contribution in [2.24, 2.45) is 0 Å². The van der Waals surface area contributed by atoms with E-state index in [9.17, 15) is 19.7 Å². The van der Waals surface area contributed by atoms with Crippen molar-refractivity contribution in [2.75, 3.05) is 0 Å². The van der Waals surface area contributed by atoms with Gasteiger partial charge in [0.1, 0.15) is 11.5 Å². The van der Waals surface area contributed by atoms with E-state index in [2.05, 4.69) is 24.3 Å². The number of rotatable bonds is 6. The van der Waals surface area contributed by atoms with E-state index in [1.807, 2.05) is 38.1 Å². The molecule has 33 heavy (non-hydrogen) atoms. The Kier molecular flexibility index (Phi) is 6.10. The van der Waals surface area contributed by atoms with Gasteiger partial charge in [-0.15, -0.1) is 0 Å². The first-order valence-corrected chi connectivity index (χ1v) is 10.9. The van der Waals surface area contributed by atoms with E-state index in [0.29, 0.717) is 0 Å². The van der Waals surface area contributed by atoms with Crippen LogP contribution < -0.4 is 0 Å². The first kappa shape index (κ1) is 22.4. The third-order valence-corrected chi connectivity index (χ3v) is 6.38. The number of phenols is 3. The molecule has 0 saturated carbocycles. The summed E-state index contributed by atoms with van der Waals surface area (Å²) < 4.78 is 14.0. The highest BCUT2D eigenvalue weighted by Gasteiger charge is 2.25. The Labute approximate surface area is 193 Å². The van der Waals surface area contributed by atoms with Gasteiger partial charge < -0.3 is 15.3 Å². The molecule has 3 nitrogen and oxygen atoms in total. The van der Waals surface area contributed by atoms with Gasteiger partial charge in [0.05, 0.1) is 0 Å². The largest absolute Gasteiger partial charge is 0.508 e. The summed E-state index contributed by atoms with van der Waals surface area (Å²) in [5, 5.41) is 28.9. The Hall–Kier alpha value is -3.79. The molecule has 0 aliphatic rings. The standard InChI is InChI=1S/C29H27FO3/c1-29(2,23-11-16-28(33)27(30)18-23)22-9-5-20(6-10-22)26(21-7-14-25(32)15-8-21)17-19-3-12-24(31)13-4-19/h3-16,18,26,31-33H,17H2,1-2H3. The topological polar surface area (TPSA) is 60.7 Å². The van der Waals surface area contributed by atoms with Crippen LogP contribution in [0.1, 0.15) is 47.6 Å². The molecule has 4 aromatic rings. The molecule has 0 aliphatic heterocycles. The van der Waals surface area contributed by atoms with Gasteiger partial charge in [0, 0.05) is 11.3 Å². The van der Waals surface area contributed by atoms with Crippen LogP contribution >= 0.6 is 0 Å². The molecule has 4 heteroatoms. The zero-order valence-corrected chi connectivity index (χ0v) is 18.7. The zero-order valence-electron chi connectivity index (χ0n) is 18.7. The molecule has 0 fully saturated rings. The molecule has 0 spiro atoms. The highest BCUT2D eigenvalue weighted by Crippen LogP contribution is 2.36. The maximum Gasteiger partial charge on any atom is 0.165 e. The van der Waals surface area contributed by atoms with Crippen molar-refractivity contribution in [3.63, 3.8) is 0 Å². The van der Waals surface area contributed by atoms with Crippen LogP contribution in [0.25, 0.3) is 0 Å². The summed E-state index contributed by atoms with van der Waals surface area (Å²) >= 11 is 0. The minimum absolute atomic E-state index is 0.0541. The van der Waals surface area contributed by atoms with Crippen LogP contribution in [0.15, 0.2) is 91.0 Å². The SMILES string of the molecule is CC(C)(c1ccc(C(Cc2ccc(O)cc2)c2ccc(O)cc2)cc1)c1ccc(O)c(F)c1. The van der Waals surface area contributed by atoms with Gasteiger partial charge in [0.25, 0.3) is 0 Å². The van der Waals surface area contributed by atoms with E-state index in [4.69, 9.17) is 0 Å². The second-order valence-corrected chi connectivity index (χ2v) is 8.93. The fourth-order valence-electron chi connectivity index (χ4n) is 4.20. The first-order valence-electron chi connectivity index (χ1n) is 10.9. The van der Waals surface area contributed by atoms with Crippen molar-refractivity contribution in [3.05, 3.63) is 125 Å². The van der Waals surface area contributed by atoms with E-state index in [1.54, 1.807) is 30.3 Å². The molecular weight excluding hydrogens is 415 g/mol. The fraction of sp³-hybridized carbons (Fsp3) is 0.172. The zero-order chi connectivity index (χ0) is 23.6. The van der Waals surface area contributed by atoms with Crippen LogP contribution in [0.3, 0.4) is 0 Å². The van der Waals surface area contributed by atoms with Crippen LogP contribution in [0.2, 0.25) is 0 Å². The number of aromatic hydroxyl groups is 3. The second-order valence-electron chi connectivity index (χ2n) is 8.93. The van der Waals surface area contributed by atoms with Gasteiger partial charge in [-0.3, -0.25) is 0 Å². The lowest BCUT2D eigenvalue weighted by Crippen LogP contribution is -2.19. The van der Waals surface area contributed by atoms with E-state index in [0.717, 1.165) is 34.2 Å². The highest BCUT2D eigenvalue weighted by atomic mass is 19.1. The molecule has 3 N–H and O–H groups in total. The Balaban J connectivity index is 1.68. The Morgan fingerprint density at radius 1 is 0.667 bits per heavy atom. The minimum Gasteiger partial charge on any atom is -0.508 e. The van der Waals surface area contributed by atoms with Gasteiger partial charge in [-0.25, -0.2) is 4.39 Å². The number of phenolic OH excluding ortho intramolecular Hbond substituents is 3. The van der Waals surface area contributed by atoms with Gasteiger partial charge in [0.2, 0.25) is 0 Å². The summed E-state index contributed by atoms with van der Waals surface area (Å²) in [7, 11) is 0. The molecule has 0 heterocycles. The normalized spacial score (nSPS) is 12.5. The van der Waals surface area contributed by atoms with Gasteiger partial charge in [-0.05, 0) is 70.6 Å². The third-order valence-electron chi connectivity index (χ3n) is 6.38. The average molecular weight is 443 g/mol. The van der Waals surface area contributed by atoms with Crippen molar-refractivity contribution in [1.82, 2.24) is 0 Å². The van der Waals surface area contributed by atoms with Crippen LogP contribution in [0.4, 0.5) is 4.39 Å². The third kappa shape index (κ3) is 4.85. The van der Waals surface area contributed by atoms with Gasteiger partial charge in [0.15, 0.2) is 11.6 Å². The lowest BCUT2D eigenvalue weighted by molar-refractivity contribution is 0.430. The predicted molar refractivity (Wildman–Crippen MR) is 128 cm³/mol. The minimum atomic E-state index is -0.626. The van der Waals surface area contributed by atoms with E-state index in [-0.39, 0.29) is 23.2 Å². The lowest BCUT2D eigenvalue weighted by Gasteiger charge is -2.27. The van der Waals surface area contributed by atoms with Crippen LogP contribution in [-0.4, -0.2) is 15.3 Å². The maximum atomic E-state index is 14.0. The summed E-state index contributed by atoms with van der Waals surface area (Å²) in [5.41, 5.74) is 4.65. The molecule has 0 saturated heterocycles. The van der Waals surface area contributed by atoms with Crippen LogP contribution in [0, 0.1) is 5.82 Å².